The normalized spacial score (nSPS) is 10.0. The van der Waals surface area contributed by atoms with E-state index >= 15 is 0 Å². The maximum Gasteiger partial charge on any atom is 0.340 e. The van der Waals surface area contributed by atoms with Gasteiger partial charge in [0.1, 0.15) is 5.75 Å². The Labute approximate surface area is 138 Å². The highest BCUT2D eigenvalue weighted by Gasteiger charge is 2.11. The van der Waals surface area contributed by atoms with Gasteiger partial charge in [-0.25, -0.2) is 4.79 Å². The summed E-state index contributed by atoms with van der Waals surface area (Å²) >= 11 is 5.96. The maximum absolute atomic E-state index is 11.8. The lowest BCUT2D eigenvalue weighted by molar-refractivity contribution is -0.119. The minimum absolute atomic E-state index is 0.288. The van der Waals surface area contributed by atoms with Crippen molar-refractivity contribution >= 4 is 29.2 Å². The smallest absolute Gasteiger partial charge is 0.340 e. The van der Waals surface area contributed by atoms with Gasteiger partial charge >= 0.3 is 5.97 Å². The third kappa shape index (κ3) is 4.69. The Morgan fingerprint density at radius 3 is 2.65 bits per heavy atom. The van der Waals surface area contributed by atoms with Gasteiger partial charge in [-0.2, -0.15) is 0 Å². The third-order valence-electron chi connectivity index (χ3n) is 2.92. The molecule has 0 unspecified atom stereocenters. The van der Waals surface area contributed by atoms with Gasteiger partial charge in [-0.05, 0) is 37.3 Å². The number of carbonyl (C=O) groups excluding carboxylic acids is 2. The molecule has 1 heterocycles. The average molecular weight is 335 g/mol. The summed E-state index contributed by atoms with van der Waals surface area (Å²) in [6, 6.07) is 8.09. The van der Waals surface area contributed by atoms with Crippen molar-refractivity contribution in [1.82, 2.24) is 4.98 Å². The van der Waals surface area contributed by atoms with E-state index in [1.54, 1.807) is 30.3 Å². The number of halogens is 1. The van der Waals surface area contributed by atoms with Crippen LogP contribution in [0, 0.1) is 6.92 Å². The summed E-state index contributed by atoms with van der Waals surface area (Å²) in [5.74, 6) is -0.581. The molecular weight excluding hydrogens is 320 g/mol. The molecular formula is C16H15ClN2O4. The number of aryl methyl sites for hydroxylation is 1. The van der Waals surface area contributed by atoms with Gasteiger partial charge in [0.25, 0.3) is 5.91 Å². The minimum atomic E-state index is -0.611. The van der Waals surface area contributed by atoms with Crippen LogP contribution < -0.4 is 10.1 Å². The van der Waals surface area contributed by atoms with E-state index in [1.807, 2.05) is 6.92 Å². The molecule has 1 aromatic heterocycles. The van der Waals surface area contributed by atoms with Crippen molar-refractivity contribution < 1.29 is 19.1 Å². The van der Waals surface area contributed by atoms with Crippen molar-refractivity contribution in [2.45, 2.75) is 6.92 Å². The van der Waals surface area contributed by atoms with Gasteiger partial charge in [-0.3, -0.25) is 9.78 Å². The zero-order chi connectivity index (χ0) is 16.8. The average Bonchev–Trinajstić information content (AvgIpc) is 2.53. The molecule has 0 aliphatic rings. The van der Waals surface area contributed by atoms with Gasteiger partial charge in [0.05, 0.1) is 17.7 Å². The van der Waals surface area contributed by atoms with E-state index in [4.69, 9.17) is 21.1 Å². The Kier molecular flexibility index (Phi) is 5.54. The fourth-order valence-corrected chi connectivity index (χ4v) is 2.00. The Hall–Kier alpha value is -2.60. The predicted molar refractivity (Wildman–Crippen MR) is 85.9 cm³/mol. The molecule has 6 nitrogen and oxygen atoms in total. The predicted octanol–water partition coefficient (Wildman–Crippen LogP) is 2.85. The van der Waals surface area contributed by atoms with E-state index in [0.29, 0.717) is 16.5 Å². The second-order valence-corrected chi connectivity index (χ2v) is 5.07. The quantitative estimate of drug-likeness (QED) is 0.851. The summed E-state index contributed by atoms with van der Waals surface area (Å²) in [5.41, 5.74) is 1.56. The Morgan fingerprint density at radius 1 is 1.26 bits per heavy atom. The van der Waals surface area contributed by atoms with Gasteiger partial charge in [0.2, 0.25) is 0 Å². The molecule has 0 bridgehead atoms. The molecule has 0 fully saturated rings. The van der Waals surface area contributed by atoms with Gasteiger partial charge in [0, 0.05) is 17.6 Å². The summed E-state index contributed by atoms with van der Waals surface area (Å²) in [5, 5.41) is 2.95. The summed E-state index contributed by atoms with van der Waals surface area (Å²) in [6.07, 6.45) is 1.40. The number of carbonyl (C=O) groups is 2. The molecule has 1 N–H and O–H groups in total. The maximum atomic E-state index is 11.8. The monoisotopic (exact) mass is 334 g/mol. The Bertz CT molecular complexity index is 717. The third-order valence-corrected chi connectivity index (χ3v) is 3.21. The van der Waals surface area contributed by atoms with E-state index in [-0.39, 0.29) is 5.56 Å². The van der Waals surface area contributed by atoms with Gasteiger partial charge < -0.3 is 14.8 Å². The fourth-order valence-electron chi connectivity index (χ4n) is 1.74. The first-order valence-corrected chi connectivity index (χ1v) is 7.10. The van der Waals surface area contributed by atoms with E-state index in [0.717, 1.165) is 5.69 Å². The van der Waals surface area contributed by atoms with Crippen molar-refractivity contribution in [3.8, 4) is 5.75 Å². The lowest BCUT2D eigenvalue weighted by atomic mass is 10.2. The zero-order valence-electron chi connectivity index (χ0n) is 12.6. The first-order valence-electron chi connectivity index (χ1n) is 6.73. The van der Waals surface area contributed by atoms with Gasteiger partial charge in [0.15, 0.2) is 6.61 Å². The highest BCUT2D eigenvalue weighted by Crippen LogP contribution is 2.27. The van der Waals surface area contributed by atoms with Crippen LogP contribution in [0.3, 0.4) is 0 Å². The first-order chi connectivity index (χ1) is 11.0. The topological polar surface area (TPSA) is 77.5 Å². The summed E-state index contributed by atoms with van der Waals surface area (Å²) in [4.78, 5) is 27.6. The Balaban J connectivity index is 1.88. The number of methoxy groups -OCH3 is 1. The van der Waals surface area contributed by atoms with E-state index in [1.165, 1.54) is 13.3 Å². The molecule has 0 radical (unpaired) electrons. The zero-order valence-corrected chi connectivity index (χ0v) is 13.4. The van der Waals surface area contributed by atoms with Gasteiger partial charge in [-0.15, -0.1) is 0 Å². The van der Waals surface area contributed by atoms with Crippen LogP contribution in [0.15, 0.2) is 36.5 Å². The minimum Gasteiger partial charge on any atom is -0.495 e. The van der Waals surface area contributed by atoms with Crippen molar-refractivity contribution in [2.75, 3.05) is 19.0 Å². The molecule has 2 rings (SSSR count). The molecule has 2 aromatic rings. The number of amides is 1. The van der Waals surface area contributed by atoms with Crippen molar-refractivity contribution in [2.24, 2.45) is 0 Å². The molecule has 0 saturated carbocycles. The number of rotatable bonds is 5. The highest BCUT2D eigenvalue weighted by molar-refractivity contribution is 6.32. The summed E-state index contributed by atoms with van der Waals surface area (Å²) < 4.78 is 9.95. The number of anilines is 1. The molecule has 1 amide bonds. The van der Waals surface area contributed by atoms with Crippen molar-refractivity contribution in [1.29, 1.82) is 0 Å². The van der Waals surface area contributed by atoms with Crippen molar-refractivity contribution in [3.05, 3.63) is 52.8 Å². The first kappa shape index (κ1) is 16.8. The summed E-state index contributed by atoms with van der Waals surface area (Å²) in [7, 11) is 1.50. The van der Waals surface area contributed by atoms with Crippen LogP contribution in [-0.4, -0.2) is 30.6 Å². The SMILES string of the molecule is COc1ccc(NC(=O)COC(=O)c2ccc(C)nc2)cc1Cl. The number of nitrogens with zero attached hydrogens (tertiary/aromatic N) is 1. The van der Waals surface area contributed by atoms with Crippen LogP contribution in [0.1, 0.15) is 16.1 Å². The fraction of sp³-hybridized carbons (Fsp3) is 0.188. The second kappa shape index (κ2) is 7.60. The number of aromatic nitrogens is 1. The van der Waals surface area contributed by atoms with Crippen LogP contribution in [0.25, 0.3) is 0 Å². The molecule has 0 aliphatic carbocycles. The van der Waals surface area contributed by atoms with Crippen LogP contribution in [-0.2, 0) is 9.53 Å². The van der Waals surface area contributed by atoms with Gasteiger partial charge in [-0.1, -0.05) is 11.6 Å². The number of ether oxygens (including phenoxy) is 2. The molecule has 0 saturated heterocycles. The molecule has 0 atom stereocenters. The second-order valence-electron chi connectivity index (χ2n) is 4.66. The van der Waals surface area contributed by atoms with E-state index in [2.05, 4.69) is 10.3 Å². The lowest BCUT2D eigenvalue weighted by Gasteiger charge is -2.08. The van der Waals surface area contributed by atoms with E-state index in [9.17, 15) is 9.59 Å². The lowest BCUT2D eigenvalue weighted by Crippen LogP contribution is -2.21. The standard InChI is InChI=1S/C16H15ClN2O4/c1-10-3-4-11(8-18-10)16(21)23-9-15(20)19-12-5-6-14(22-2)13(17)7-12/h3-8H,9H2,1-2H3,(H,19,20). The number of hydrogen-bond acceptors (Lipinski definition) is 5. The number of nitrogens with one attached hydrogen (secondary N) is 1. The molecule has 0 aliphatic heterocycles. The van der Waals surface area contributed by atoms with E-state index < -0.39 is 18.5 Å². The number of esters is 1. The number of pyridine rings is 1. The molecule has 23 heavy (non-hydrogen) atoms. The number of hydrogen-bond donors (Lipinski definition) is 1. The summed E-state index contributed by atoms with van der Waals surface area (Å²) in [6.45, 7) is 1.40. The van der Waals surface area contributed by atoms with Crippen LogP contribution >= 0.6 is 11.6 Å². The van der Waals surface area contributed by atoms with Crippen LogP contribution in [0.5, 0.6) is 5.75 Å². The highest BCUT2D eigenvalue weighted by atomic mass is 35.5. The molecule has 1 aromatic carbocycles. The Morgan fingerprint density at radius 2 is 2.04 bits per heavy atom. The van der Waals surface area contributed by atoms with Crippen LogP contribution in [0.4, 0.5) is 5.69 Å². The largest absolute Gasteiger partial charge is 0.495 e. The molecule has 0 spiro atoms. The number of benzene rings is 1. The molecule has 120 valence electrons. The molecule has 7 heteroatoms. The van der Waals surface area contributed by atoms with Crippen molar-refractivity contribution in [3.63, 3.8) is 0 Å². The van der Waals surface area contributed by atoms with Crippen LogP contribution in [0.2, 0.25) is 5.02 Å².